The molecule has 1 saturated carbocycles. The predicted octanol–water partition coefficient (Wildman–Crippen LogP) is 2.80. The van der Waals surface area contributed by atoms with Crippen LogP contribution in [0.3, 0.4) is 0 Å². The number of rotatable bonds is 4. The van der Waals surface area contributed by atoms with E-state index in [9.17, 15) is 4.39 Å². The lowest BCUT2D eigenvalue weighted by molar-refractivity contribution is 0.252. The lowest BCUT2D eigenvalue weighted by atomic mass is 9.64. The van der Waals surface area contributed by atoms with Crippen molar-refractivity contribution in [2.75, 3.05) is 19.6 Å². The Morgan fingerprint density at radius 2 is 1.89 bits per heavy atom. The molecule has 1 aliphatic carbocycles. The van der Waals surface area contributed by atoms with E-state index in [1.807, 2.05) is 6.07 Å². The van der Waals surface area contributed by atoms with Crippen molar-refractivity contribution in [3.63, 3.8) is 0 Å². The Bertz CT molecular complexity index is 443. The lowest BCUT2D eigenvalue weighted by Gasteiger charge is -2.41. The van der Waals surface area contributed by atoms with Crippen molar-refractivity contribution in [2.24, 2.45) is 5.73 Å². The zero-order valence-corrected chi connectivity index (χ0v) is 11.5. The summed E-state index contributed by atoms with van der Waals surface area (Å²) < 4.78 is 14.3. The van der Waals surface area contributed by atoms with Crippen molar-refractivity contribution in [1.82, 2.24) is 4.90 Å². The highest BCUT2D eigenvalue weighted by atomic mass is 19.1. The Kier molecular flexibility index (Phi) is 3.59. The molecule has 0 unspecified atom stereocenters. The van der Waals surface area contributed by atoms with Crippen molar-refractivity contribution >= 4 is 0 Å². The summed E-state index contributed by atoms with van der Waals surface area (Å²) in [6.07, 6.45) is 5.92. The highest BCUT2D eigenvalue weighted by Gasteiger charge is 2.37. The van der Waals surface area contributed by atoms with Gasteiger partial charge in [0.25, 0.3) is 0 Å². The normalized spacial score (nSPS) is 22.4. The zero-order valence-electron chi connectivity index (χ0n) is 11.5. The summed E-state index contributed by atoms with van der Waals surface area (Å²) in [5.74, 6) is -0.0517. The van der Waals surface area contributed by atoms with Gasteiger partial charge in [-0.1, -0.05) is 18.6 Å². The summed E-state index contributed by atoms with van der Waals surface area (Å²) in [5, 5.41) is 0. The summed E-state index contributed by atoms with van der Waals surface area (Å²) in [4.78, 5) is 2.33. The predicted molar refractivity (Wildman–Crippen MR) is 75.5 cm³/mol. The van der Waals surface area contributed by atoms with Crippen LogP contribution in [0.15, 0.2) is 18.2 Å². The largest absolute Gasteiger partial charge is 0.330 e. The second-order valence-electron chi connectivity index (χ2n) is 6.13. The zero-order chi connectivity index (χ0) is 13.3. The summed E-state index contributed by atoms with van der Waals surface area (Å²) in [6.45, 7) is 3.60. The van der Waals surface area contributed by atoms with E-state index in [0.29, 0.717) is 6.54 Å². The third-order valence-corrected chi connectivity index (χ3v) is 4.96. The molecule has 1 saturated heterocycles. The number of hydrogen-bond donors (Lipinski definition) is 1. The maximum absolute atomic E-state index is 14.3. The van der Waals surface area contributed by atoms with Gasteiger partial charge in [0.2, 0.25) is 0 Å². The molecule has 19 heavy (non-hydrogen) atoms. The van der Waals surface area contributed by atoms with Crippen molar-refractivity contribution in [3.05, 3.63) is 35.1 Å². The topological polar surface area (TPSA) is 29.3 Å². The number of halogens is 1. The van der Waals surface area contributed by atoms with Crippen molar-refractivity contribution < 1.29 is 4.39 Å². The van der Waals surface area contributed by atoms with Gasteiger partial charge in [0.1, 0.15) is 5.82 Å². The Morgan fingerprint density at radius 1 is 1.16 bits per heavy atom. The van der Waals surface area contributed by atoms with Crippen LogP contribution in [0.4, 0.5) is 4.39 Å². The first-order chi connectivity index (χ1) is 9.23. The quantitative estimate of drug-likeness (QED) is 0.904. The van der Waals surface area contributed by atoms with Crippen LogP contribution in [0.5, 0.6) is 0 Å². The van der Waals surface area contributed by atoms with Gasteiger partial charge in [0.05, 0.1) is 0 Å². The lowest BCUT2D eigenvalue weighted by Crippen LogP contribution is -2.41. The highest BCUT2D eigenvalue weighted by Crippen LogP contribution is 2.43. The fourth-order valence-corrected chi connectivity index (χ4v) is 3.40. The van der Waals surface area contributed by atoms with Gasteiger partial charge < -0.3 is 5.73 Å². The molecule has 2 fully saturated rings. The minimum Gasteiger partial charge on any atom is -0.330 e. The van der Waals surface area contributed by atoms with Gasteiger partial charge in [0.15, 0.2) is 0 Å². The van der Waals surface area contributed by atoms with Crippen molar-refractivity contribution in [3.8, 4) is 0 Å². The molecule has 1 aliphatic heterocycles. The molecular weight excluding hydrogens is 239 g/mol. The fraction of sp³-hybridized carbons (Fsp3) is 0.625. The molecular formula is C16H23FN2. The molecule has 0 radical (unpaired) electrons. The molecule has 0 aromatic heterocycles. The van der Waals surface area contributed by atoms with Gasteiger partial charge in [-0.2, -0.15) is 0 Å². The number of hydrogen-bond acceptors (Lipinski definition) is 2. The van der Waals surface area contributed by atoms with E-state index >= 15 is 0 Å². The summed E-state index contributed by atoms with van der Waals surface area (Å²) in [7, 11) is 0. The molecule has 3 rings (SSSR count). The minimum atomic E-state index is -0.0517. The number of likely N-dealkylation sites (tertiary alicyclic amines) is 1. The Balaban J connectivity index is 1.77. The molecule has 0 spiro atoms. The van der Waals surface area contributed by atoms with E-state index in [1.165, 1.54) is 19.3 Å². The third-order valence-electron chi connectivity index (χ3n) is 4.96. The van der Waals surface area contributed by atoms with Crippen LogP contribution in [0.2, 0.25) is 0 Å². The minimum absolute atomic E-state index is 0.0517. The van der Waals surface area contributed by atoms with Crippen LogP contribution in [0.25, 0.3) is 0 Å². The Hall–Kier alpha value is -0.930. The van der Waals surface area contributed by atoms with E-state index in [4.69, 9.17) is 5.73 Å². The van der Waals surface area contributed by atoms with Crippen LogP contribution in [0, 0.1) is 5.82 Å². The van der Waals surface area contributed by atoms with E-state index in [2.05, 4.69) is 11.0 Å². The molecule has 2 nitrogen and oxygen atoms in total. The Morgan fingerprint density at radius 3 is 2.42 bits per heavy atom. The average Bonchev–Trinajstić information content (AvgIpc) is 2.85. The molecule has 104 valence electrons. The molecule has 2 N–H and O–H groups in total. The maximum Gasteiger partial charge on any atom is 0.127 e. The number of nitrogens with two attached hydrogens (primary N) is 1. The molecule has 0 atom stereocenters. The van der Waals surface area contributed by atoms with Gasteiger partial charge in [0, 0.05) is 24.1 Å². The van der Waals surface area contributed by atoms with E-state index in [0.717, 1.165) is 43.6 Å². The van der Waals surface area contributed by atoms with Crippen LogP contribution in [-0.4, -0.2) is 24.5 Å². The van der Waals surface area contributed by atoms with Gasteiger partial charge >= 0.3 is 0 Å². The summed E-state index contributed by atoms with van der Waals surface area (Å²) in [6, 6.07) is 5.80. The smallest absolute Gasteiger partial charge is 0.127 e. The van der Waals surface area contributed by atoms with E-state index < -0.39 is 0 Å². The monoisotopic (exact) mass is 262 g/mol. The van der Waals surface area contributed by atoms with Crippen molar-refractivity contribution in [1.29, 1.82) is 0 Å². The van der Waals surface area contributed by atoms with Crippen LogP contribution in [0.1, 0.15) is 43.2 Å². The van der Waals surface area contributed by atoms with E-state index in [1.54, 1.807) is 6.07 Å². The molecule has 1 aromatic carbocycles. The first-order valence-electron chi connectivity index (χ1n) is 7.45. The fourth-order valence-electron chi connectivity index (χ4n) is 3.40. The standard InChI is InChI=1S/C16H23FN2/c17-15-10-14(16(12-18)6-3-7-16)5-4-13(15)11-19-8-1-2-9-19/h4-5,10H,1-3,6-9,11-12,18H2. The van der Waals surface area contributed by atoms with Crippen LogP contribution >= 0.6 is 0 Å². The van der Waals surface area contributed by atoms with Crippen LogP contribution in [-0.2, 0) is 12.0 Å². The highest BCUT2D eigenvalue weighted by molar-refractivity contribution is 5.33. The van der Waals surface area contributed by atoms with Gasteiger partial charge in [-0.05, 0) is 50.4 Å². The number of benzene rings is 1. The Labute approximate surface area is 114 Å². The van der Waals surface area contributed by atoms with Crippen molar-refractivity contribution in [2.45, 2.75) is 44.1 Å². The average molecular weight is 262 g/mol. The molecule has 0 bridgehead atoms. The third kappa shape index (κ3) is 2.41. The van der Waals surface area contributed by atoms with Gasteiger partial charge in [-0.15, -0.1) is 0 Å². The molecule has 0 amide bonds. The van der Waals surface area contributed by atoms with Crippen LogP contribution < -0.4 is 5.73 Å². The van der Waals surface area contributed by atoms with E-state index in [-0.39, 0.29) is 11.2 Å². The molecule has 1 heterocycles. The van der Waals surface area contributed by atoms with Gasteiger partial charge in [-0.25, -0.2) is 4.39 Å². The second-order valence-corrected chi connectivity index (χ2v) is 6.13. The number of nitrogens with zero attached hydrogens (tertiary/aromatic N) is 1. The summed E-state index contributed by atoms with van der Waals surface area (Å²) in [5.41, 5.74) is 7.88. The molecule has 3 heteroatoms. The first-order valence-corrected chi connectivity index (χ1v) is 7.45. The van der Waals surface area contributed by atoms with Gasteiger partial charge in [-0.3, -0.25) is 4.90 Å². The second kappa shape index (κ2) is 5.22. The first kappa shape index (κ1) is 13.1. The summed E-state index contributed by atoms with van der Waals surface area (Å²) >= 11 is 0. The molecule has 1 aromatic rings. The SMILES string of the molecule is NCC1(c2ccc(CN3CCCC3)c(F)c2)CCC1. The maximum atomic E-state index is 14.3. The molecule has 2 aliphatic rings.